The Morgan fingerprint density at radius 1 is 1.03 bits per heavy atom. The SMILES string of the molecule is C[C@@H]1CC[C@@H](C(C)(C)c2ccccc2)[C@H](OC(=O)[C@H]2CCC(F)(F)[C@H]2NC(=O)OC(C)(C)C)C1. The molecule has 0 bridgehead atoms. The molecule has 0 saturated heterocycles. The van der Waals surface area contributed by atoms with E-state index in [0.29, 0.717) is 12.3 Å². The number of halogens is 2. The molecule has 1 amide bonds. The van der Waals surface area contributed by atoms with Gasteiger partial charge in [-0.25, -0.2) is 13.6 Å². The van der Waals surface area contributed by atoms with Gasteiger partial charge in [-0.3, -0.25) is 4.79 Å². The van der Waals surface area contributed by atoms with E-state index < -0.39 is 42.0 Å². The summed E-state index contributed by atoms with van der Waals surface area (Å²) in [6.07, 6.45) is 0.768. The molecule has 190 valence electrons. The summed E-state index contributed by atoms with van der Waals surface area (Å²) < 4.78 is 40.5. The second kappa shape index (κ2) is 9.82. The summed E-state index contributed by atoms with van der Waals surface area (Å²) in [7, 11) is 0. The predicted octanol–water partition coefficient (Wildman–Crippen LogP) is 6.25. The van der Waals surface area contributed by atoms with Crippen LogP contribution in [0.15, 0.2) is 30.3 Å². The van der Waals surface area contributed by atoms with Crippen LogP contribution in [0.4, 0.5) is 13.6 Å². The van der Waals surface area contributed by atoms with E-state index in [2.05, 4.69) is 38.2 Å². The lowest BCUT2D eigenvalue weighted by Crippen LogP contribution is -2.52. The summed E-state index contributed by atoms with van der Waals surface area (Å²) in [5, 5.41) is 2.26. The molecular formula is C27H39F2NO4. The minimum atomic E-state index is -3.21. The summed E-state index contributed by atoms with van der Waals surface area (Å²) in [6, 6.07) is 8.48. The van der Waals surface area contributed by atoms with E-state index in [9.17, 15) is 18.4 Å². The molecule has 0 radical (unpaired) electrons. The number of alkyl halides is 2. The van der Waals surface area contributed by atoms with Gasteiger partial charge in [-0.05, 0) is 56.9 Å². The summed E-state index contributed by atoms with van der Waals surface area (Å²) >= 11 is 0. The van der Waals surface area contributed by atoms with Crippen LogP contribution in [0.1, 0.15) is 79.2 Å². The van der Waals surface area contributed by atoms with E-state index in [1.54, 1.807) is 20.8 Å². The molecule has 7 heteroatoms. The molecule has 5 nitrogen and oxygen atoms in total. The van der Waals surface area contributed by atoms with Crippen molar-refractivity contribution in [3.63, 3.8) is 0 Å². The predicted molar refractivity (Wildman–Crippen MR) is 127 cm³/mol. The van der Waals surface area contributed by atoms with E-state index in [4.69, 9.17) is 9.47 Å². The highest BCUT2D eigenvalue weighted by Crippen LogP contribution is 2.45. The van der Waals surface area contributed by atoms with Crippen LogP contribution in [0.3, 0.4) is 0 Å². The van der Waals surface area contributed by atoms with Gasteiger partial charge < -0.3 is 14.8 Å². The molecule has 0 unspecified atom stereocenters. The Bertz CT molecular complexity index is 865. The number of carbonyl (C=O) groups excluding carboxylic acids is 2. The fourth-order valence-corrected chi connectivity index (χ4v) is 5.46. The highest BCUT2D eigenvalue weighted by atomic mass is 19.3. The fraction of sp³-hybridized carbons (Fsp3) is 0.704. The van der Waals surface area contributed by atoms with E-state index in [1.165, 1.54) is 0 Å². The van der Waals surface area contributed by atoms with Crippen molar-refractivity contribution in [1.82, 2.24) is 5.32 Å². The summed E-state index contributed by atoms with van der Waals surface area (Å²) in [5.74, 6) is -4.54. The van der Waals surface area contributed by atoms with Crippen LogP contribution in [0.25, 0.3) is 0 Å². The topological polar surface area (TPSA) is 64.6 Å². The number of ether oxygens (including phenoxy) is 2. The third kappa shape index (κ3) is 6.08. The average molecular weight is 480 g/mol. The molecule has 0 aliphatic heterocycles. The molecule has 5 atom stereocenters. The van der Waals surface area contributed by atoms with Crippen molar-refractivity contribution in [2.75, 3.05) is 0 Å². The first-order valence-corrected chi connectivity index (χ1v) is 12.3. The molecule has 2 saturated carbocycles. The largest absolute Gasteiger partial charge is 0.462 e. The number of benzene rings is 1. The van der Waals surface area contributed by atoms with Crippen molar-refractivity contribution >= 4 is 12.1 Å². The number of rotatable bonds is 5. The zero-order valence-electron chi connectivity index (χ0n) is 21.2. The van der Waals surface area contributed by atoms with Gasteiger partial charge in [0.15, 0.2) is 0 Å². The van der Waals surface area contributed by atoms with Gasteiger partial charge in [0.05, 0.1) is 5.92 Å². The molecule has 1 N–H and O–H groups in total. The van der Waals surface area contributed by atoms with Gasteiger partial charge in [0, 0.05) is 12.3 Å². The van der Waals surface area contributed by atoms with E-state index in [0.717, 1.165) is 18.4 Å². The Morgan fingerprint density at radius 2 is 1.68 bits per heavy atom. The van der Waals surface area contributed by atoms with Gasteiger partial charge in [-0.1, -0.05) is 57.5 Å². The number of carbonyl (C=O) groups is 2. The van der Waals surface area contributed by atoms with E-state index in [1.807, 2.05) is 18.2 Å². The van der Waals surface area contributed by atoms with Gasteiger partial charge in [-0.15, -0.1) is 0 Å². The summed E-state index contributed by atoms with van der Waals surface area (Å²) in [6.45, 7) is 11.4. The van der Waals surface area contributed by atoms with Crippen LogP contribution in [0, 0.1) is 17.8 Å². The number of amides is 1. The van der Waals surface area contributed by atoms with Crippen molar-refractivity contribution in [2.24, 2.45) is 17.8 Å². The molecule has 1 aromatic rings. The Hall–Kier alpha value is -2.18. The third-order valence-corrected chi connectivity index (χ3v) is 7.39. The minimum absolute atomic E-state index is 0.0404. The standard InChI is InChI=1S/C27H39F2NO4/c1-17-12-13-20(26(5,6)18-10-8-7-9-11-18)21(16-17)33-23(31)19-14-15-27(28,29)22(19)30-24(32)34-25(2,3)4/h7-11,17,19-22H,12-16H2,1-6H3,(H,30,32)/t17-,19+,20-,21-,22+/m1/s1. The molecule has 0 spiro atoms. The van der Waals surface area contributed by atoms with Crippen LogP contribution in [-0.2, 0) is 19.7 Å². The van der Waals surface area contributed by atoms with Crippen LogP contribution >= 0.6 is 0 Å². The molecule has 2 aliphatic rings. The molecule has 0 aromatic heterocycles. The molecule has 2 aliphatic carbocycles. The minimum Gasteiger partial charge on any atom is -0.462 e. The second-order valence-corrected chi connectivity index (χ2v) is 11.6. The Kier molecular flexibility index (Phi) is 7.63. The maximum absolute atomic E-state index is 14.7. The molecule has 1 aromatic carbocycles. The number of esters is 1. The van der Waals surface area contributed by atoms with Crippen molar-refractivity contribution in [2.45, 2.75) is 103 Å². The number of nitrogens with one attached hydrogen (secondary N) is 1. The number of alkyl carbamates (subject to hydrolysis) is 1. The van der Waals surface area contributed by atoms with Crippen molar-refractivity contribution in [3.8, 4) is 0 Å². The normalized spacial score (nSPS) is 29.4. The lowest BCUT2D eigenvalue weighted by atomic mass is 9.64. The summed E-state index contributed by atoms with van der Waals surface area (Å²) in [5.41, 5.74) is 0.0789. The van der Waals surface area contributed by atoms with E-state index >= 15 is 0 Å². The molecule has 34 heavy (non-hydrogen) atoms. The first kappa shape index (κ1) is 26.4. The molecular weight excluding hydrogens is 440 g/mol. The molecule has 2 fully saturated rings. The maximum Gasteiger partial charge on any atom is 0.408 e. The average Bonchev–Trinajstić information content (AvgIpc) is 3.01. The van der Waals surface area contributed by atoms with Crippen molar-refractivity contribution in [1.29, 1.82) is 0 Å². The van der Waals surface area contributed by atoms with Crippen LogP contribution in [0.2, 0.25) is 0 Å². The Labute approximate surface area is 202 Å². The van der Waals surface area contributed by atoms with Crippen LogP contribution < -0.4 is 5.32 Å². The van der Waals surface area contributed by atoms with Crippen molar-refractivity contribution < 1.29 is 27.8 Å². The first-order valence-electron chi connectivity index (χ1n) is 12.3. The zero-order chi connectivity index (χ0) is 25.3. The fourth-order valence-electron chi connectivity index (χ4n) is 5.46. The lowest BCUT2D eigenvalue weighted by molar-refractivity contribution is -0.163. The van der Waals surface area contributed by atoms with Gasteiger partial charge in [0.2, 0.25) is 0 Å². The van der Waals surface area contributed by atoms with Crippen molar-refractivity contribution in [3.05, 3.63) is 35.9 Å². The number of hydrogen-bond acceptors (Lipinski definition) is 4. The quantitative estimate of drug-likeness (QED) is 0.507. The highest BCUT2D eigenvalue weighted by Gasteiger charge is 2.55. The van der Waals surface area contributed by atoms with E-state index in [-0.39, 0.29) is 23.9 Å². The summed E-state index contributed by atoms with van der Waals surface area (Å²) in [4.78, 5) is 25.5. The van der Waals surface area contributed by atoms with Gasteiger partial charge in [0.25, 0.3) is 5.92 Å². The molecule has 0 heterocycles. The third-order valence-electron chi connectivity index (χ3n) is 7.39. The first-order chi connectivity index (χ1) is 15.7. The maximum atomic E-state index is 14.7. The van der Waals surface area contributed by atoms with Gasteiger partial charge >= 0.3 is 12.1 Å². The highest BCUT2D eigenvalue weighted by molar-refractivity contribution is 5.76. The Balaban J connectivity index is 1.77. The smallest absolute Gasteiger partial charge is 0.408 e. The van der Waals surface area contributed by atoms with Gasteiger partial charge in [-0.2, -0.15) is 0 Å². The Morgan fingerprint density at radius 3 is 2.29 bits per heavy atom. The number of hydrogen-bond donors (Lipinski definition) is 1. The molecule has 3 rings (SSSR count). The van der Waals surface area contributed by atoms with Gasteiger partial charge in [0.1, 0.15) is 17.7 Å². The van der Waals surface area contributed by atoms with Crippen LogP contribution in [-0.4, -0.2) is 35.7 Å². The lowest BCUT2D eigenvalue weighted by Gasteiger charge is -2.44. The zero-order valence-corrected chi connectivity index (χ0v) is 21.2. The van der Waals surface area contributed by atoms with Crippen LogP contribution in [0.5, 0.6) is 0 Å². The monoisotopic (exact) mass is 479 g/mol. The second-order valence-electron chi connectivity index (χ2n) is 11.6.